The highest BCUT2D eigenvalue weighted by atomic mass is 28.4. The molecule has 0 aliphatic heterocycles. The van der Waals surface area contributed by atoms with Gasteiger partial charge < -0.3 is 18.0 Å². The third-order valence-electron chi connectivity index (χ3n) is 15.8. The highest BCUT2D eigenvalue weighted by Gasteiger charge is 2.60. The number of hydrogen-bond donors (Lipinski definition) is 0. The van der Waals surface area contributed by atoms with Gasteiger partial charge in [0.1, 0.15) is 0 Å². The molecule has 0 amide bonds. The molecule has 0 radical (unpaired) electrons. The van der Waals surface area contributed by atoms with E-state index in [0.717, 1.165) is 19.3 Å². The fourth-order valence-corrected chi connectivity index (χ4v) is 16.0. The molecule has 0 unspecified atom stereocenters. The van der Waals surface area contributed by atoms with Crippen molar-refractivity contribution in [3.05, 3.63) is 47.1 Å². The molecular formula is C46H84O4Si3. The van der Waals surface area contributed by atoms with Gasteiger partial charge in [-0.3, -0.25) is 0 Å². The highest BCUT2D eigenvalue weighted by molar-refractivity contribution is 6.74. The zero-order valence-electron chi connectivity index (χ0n) is 38.2. The van der Waals surface area contributed by atoms with Crippen LogP contribution < -0.4 is 0 Å². The molecule has 0 bridgehead atoms. The van der Waals surface area contributed by atoms with E-state index in [1.54, 1.807) is 11.1 Å². The molecule has 304 valence electrons. The summed E-state index contributed by atoms with van der Waals surface area (Å²) >= 11 is 0. The van der Waals surface area contributed by atoms with E-state index in [9.17, 15) is 0 Å². The molecule has 4 nitrogen and oxygen atoms in total. The minimum atomic E-state index is -2.05. The van der Waals surface area contributed by atoms with Crippen molar-refractivity contribution < 1.29 is 18.0 Å². The Bertz CT molecular complexity index is 1420. The van der Waals surface area contributed by atoms with Crippen molar-refractivity contribution in [1.29, 1.82) is 0 Å². The molecule has 0 heterocycles. The van der Waals surface area contributed by atoms with E-state index in [1.807, 2.05) is 0 Å². The molecule has 2 fully saturated rings. The average Bonchev–Trinajstić information content (AvgIpc) is 3.39. The predicted molar refractivity (Wildman–Crippen MR) is 236 cm³/mol. The van der Waals surface area contributed by atoms with E-state index >= 15 is 0 Å². The molecular weight excluding hydrogens is 701 g/mol. The predicted octanol–water partition coefficient (Wildman–Crippen LogP) is 13.9. The topological polar surface area (TPSA) is 36.9 Å². The Morgan fingerprint density at radius 1 is 0.792 bits per heavy atom. The van der Waals surface area contributed by atoms with Crippen molar-refractivity contribution >= 4 is 25.0 Å². The van der Waals surface area contributed by atoms with Gasteiger partial charge in [0.25, 0.3) is 0 Å². The fourth-order valence-electron chi connectivity index (χ4n) is 10.1. The maximum absolute atomic E-state index is 7.59. The van der Waals surface area contributed by atoms with Crippen molar-refractivity contribution in [3.63, 3.8) is 0 Å². The number of allylic oxidation sites excluding steroid dienone is 4. The molecule has 0 saturated heterocycles. The Hall–Kier alpha value is -0.549. The molecule has 4 aliphatic rings. The summed E-state index contributed by atoms with van der Waals surface area (Å²) in [6.07, 6.45) is 18.0. The van der Waals surface area contributed by atoms with Gasteiger partial charge in [-0.15, -0.1) is 0 Å². The normalized spacial score (nSPS) is 30.4. The zero-order valence-corrected chi connectivity index (χ0v) is 41.2. The van der Waals surface area contributed by atoms with Gasteiger partial charge in [0.2, 0.25) is 0 Å². The minimum absolute atomic E-state index is 0.0174. The van der Waals surface area contributed by atoms with Crippen molar-refractivity contribution in [3.8, 4) is 0 Å². The second kappa shape index (κ2) is 15.3. The molecule has 0 aromatic carbocycles. The zero-order chi connectivity index (χ0) is 40.3. The van der Waals surface area contributed by atoms with E-state index in [2.05, 4.69) is 160 Å². The van der Waals surface area contributed by atoms with Gasteiger partial charge in [0.15, 0.2) is 25.0 Å². The monoisotopic (exact) mass is 785 g/mol. The Labute approximate surface area is 331 Å². The third kappa shape index (κ3) is 8.82. The van der Waals surface area contributed by atoms with Crippen LogP contribution in [0.4, 0.5) is 0 Å². The Kier molecular flexibility index (Phi) is 13.1. The third-order valence-corrected chi connectivity index (χ3v) is 29.7. The first-order chi connectivity index (χ1) is 24.0. The summed E-state index contributed by atoms with van der Waals surface area (Å²) in [5.41, 5.74) is 4.18. The summed E-state index contributed by atoms with van der Waals surface area (Å²) in [6, 6.07) is 3.50. The number of ether oxygens (including phenoxy) is 1. The van der Waals surface area contributed by atoms with Crippen molar-refractivity contribution in [1.82, 2.24) is 0 Å². The van der Waals surface area contributed by atoms with Gasteiger partial charge >= 0.3 is 0 Å². The molecule has 0 spiro atoms. The van der Waals surface area contributed by atoms with Gasteiger partial charge in [-0.05, 0) is 137 Å². The molecule has 4 rings (SSSR count). The maximum atomic E-state index is 7.59. The van der Waals surface area contributed by atoms with E-state index in [0.29, 0.717) is 18.4 Å². The van der Waals surface area contributed by atoms with E-state index in [4.69, 9.17) is 18.0 Å². The molecule has 0 aromatic heterocycles. The second-order valence-corrected chi connectivity index (χ2v) is 36.2. The largest absolute Gasteiger partial charge is 0.414 e. The average molecular weight is 785 g/mol. The molecule has 2 saturated carbocycles. The van der Waals surface area contributed by atoms with Crippen LogP contribution in [0.3, 0.4) is 0 Å². The lowest BCUT2D eigenvalue weighted by Gasteiger charge is -2.59. The summed E-state index contributed by atoms with van der Waals surface area (Å²) in [5.74, 6) is 0.998. The molecule has 7 heteroatoms. The number of rotatable bonds is 14. The molecule has 0 N–H and O–H groups in total. The molecule has 6 atom stereocenters. The van der Waals surface area contributed by atoms with E-state index in [1.165, 1.54) is 36.5 Å². The van der Waals surface area contributed by atoms with Crippen LogP contribution in [0.25, 0.3) is 0 Å². The number of fused-ring (bicyclic) bond motifs is 5. The van der Waals surface area contributed by atoms with Crippen LogP contribution in [0.15, 0.2) is 47.1 Å². The highest BCUT2D eigenvalue weighted by Crippen LogP contribution is 2.66. The van der Waals surface area contributed by atoms with Crippen LogP contribution in [0.5, 0.6) is 0 Å². The van der Waals surface area contributed by atoms with E-state index < -0.39 is 25.0 Å². The quantitative estimate of drug-likeness (QED) is 0.130. The SMILES string of the molecule is CC[Si](CC)(CC)OC(C)(C)C=CCOC(C)(C)C1=CC[C@H]2C3=CC=C4C[C@@H](O[Si](C)(C)C(C)(C)C)C[C@H](O[Si](C)(C)C(C)(C)C)[C@]4(C)[C@H]3CC[C@]12C. The summed E-state index contributed by atoms with van der Waals surface area (Å²) in [5, 5.41) is 0.337. The lowest BCUT2D eigenvalue weighted by molar-refractivity contribution is -0.0431. The lowest BCUT2D eigenvalue weighted by atomic mass is 9.49. The van der Waals surface area contributed by atoms with E-state index in [-0.39, 0.29) is 44.3 Å². The number of hydrogen-bond acceptors (Lipinski definition) is 4. The van der Waals surface area contributed by atoms with Crippen LogP contribution >= 0.6 is 0 Å². The standard InChI is InChI=1S/C46H84O4Si3/c1-20-53(21-2,22-3)50-43(10,11)29-23-31-47-44(12,13)39-27-26-37-36-25-24-34-32-35(48-51(16,17)41(4,5)6)33-40(49-52(18,19)42(7,8)9)46(34,15)38(36)28-30-45(37,39)14/h23-25,27,29,35,37-38,40H,20-22,26,28,30-33H2,1-19H3/t35-,37+,38+,40+,45+,46+/m1/s1. The second-order valence-electron chi connectivity index (χ2n) is 22.0. The fraction of sp³-hybridized carbons (Fsp3) is 0.826. The first-order valence-electron chi connectivity index (χ1n) is 21.5. The lowest BCUT2D eigenvalue weighted by Crippen LogP contribution is -2.58. The van der Waals surface area contributed by atoms with Gasteiger partial charge in [-0.25, -0.2) is 0 Å². The Balaban J connectivity index is 1.59. The van der Waals surface area contributed by atoms with Crippen LogP contribution in [-0.2, 0) is 18.0 Å². The van der Waals surface area contributed by atoms with Gasteiger partial charge in [0, 0.05) is 5.41 Å². The van der Waals surface area contributed by atoms with Crippen LogP contribution in [0.1, 0.15) is 136 Å². The summed E-state index contributed by atoms with van der Waals surface area (Å²) in [7, 11) is -5.68. The minimum Gasteiger partial charge on any atom is -0.414 e. The van der Waals surface area contributed by atoms with Crippen LogP contribution in [0.2, 0.25) is 54.4 Å². The Morgan fingerprint density at radius 3 is 1.91 bits per heavy atom. The Morgan fingerprint density at radius 2 is 1.36 bits per heavy atom. The van der Waals surface area contributed by atoms with Gasteiger partial charge in [0.05, 0.1) is 30.0 Å². The first kappa shape index (κ1) is 45.2. The summed E-state index contributed by atoms with van der Waals surface area (Å²) in [6.45, 7) is 45.7. The first-order valence-corrected chi connectivity index (χ1v) is 29.9. The summed E-state index contributed by atoms with van der Waals surface area (Å²) < 4.78 is 28.4. The molecule has 0 aromatic rings. The molecule has 4 aliphatic carbocycles. The van der Waals surface area contributed by atoms with Crippen LogP contribution in [0, 0.1) is 22.7 Å². The van der Waals surface area contributed by atoms with Crippen molar-refractivity contribution in [2.75, 3.05) is 6.61 Å². The van der Waals surface area contributed by atoms with Gasteiger partial charge in [-0.2, -0.15) is 0 Å². The van der Waals surface area contributed by atoms with Crippen LogP contribution in [-0.4, -0.2) is 55.0 Å². The van der Waals surface area contributed by atoms with Crippen molar-refractivity contribution in [2.24, 2.45) is 22.7 Å². The molecule has 53 heavy (non-hydrogen) atoms. The maximum Gasteiger partial charge on any atom is 0.193 e. The smallest absolute Gasteiger partial charge is 0.193 e. The van der Waals surface area contributed by atoms with Crippen molar-refractivity contribution in [2.45, 2.75) is 214 Å². The summed E-state index contributed by atoms with van der Waals surface area (Å²) in [4.78, 5) is 0. The van der Waals surface area contributed by atoms with Gasteiger partial charge in [-0.1, -0.05) is 118 Å².